The van der Waals surface area contributed by atoms with Gasteiger partial charge in [-0.05, 0) is 12.2 Å². The molecule has 4 heteroatoms. The third-order valence-electron chi connectivity index (χ3n) is 2.55. The molecule has 1 amide bonds. The van der Waals surface area contributed by atoms with E-state index in [0.29, 0.717) is 0 Å². The minimum atomic E-state index is -0.163. The summed E-state index contributed by atoms with van der Waals surface area (Å²) in [4.78, 5) is 11.5. The molecular weight excluding hydrogens is 178 g/mol. The Labute approximate surface area is 81.0 Å². The molecule has 2 aliphatic heterocycles. The third kappa shape index (κ3) is 0.849. The molecule has 4 nitrogen and oxygen atoms in total. The highest BCUT2D eigenvalue weighted by Crippen LogP contribution is 2.30. The van der Waals surface area contributed by atoms with Crippen molar-refractivity contribution in [1.29, 1.82) is 0 Å². The molecule has 1 aliphatic carbocycles. The van der Waals surface area contributed by atoms with E-state index in [1.165, 1.54) is 0 Å². The maximum absolute atomic E-state index is 11.5. The number of allylic oxidation sites excluding steroid dienone is 4. The molecule has 3 N–H and O–H groups in total. The Kier molecular flexibility index (Phi) is 1.33. The van der Waals surface area contributed by atoms with Crippen molar-refractivity contribution in [1.82, 2.24) is 16.2 Å². The fraction of sp³-hybridized carbons (Fsp3) is 0.100. The Bertz CT molecular complexity index is 429. The largest absolute Gasteiger partial charge is 0.361 e. The lowest BCUT2D eigenvalue weighted by Gasteiger charge is -2.31. The third-order valence-corrected chi connectivity index (χ3v) is 2.55. The second kappa shape index (κ2) is 2.51. The van der Waals surface area contributed by atoms with Crippen LogP contribution in [0.4, 0.5) is 0 Å². The van der Waals surface area contributed by atoms with Gasteiger partial charge in [0.1, 0.15) is 0 Å². The van der Waals surface area contributed by atoms with E-state index >= 15 is 0 Å². The van der Waals surface area contributed by atoms with Crippen molar-refractivity contribution in [3.05, 3.63) is 47.5 Å². The SMILES string of the molecule is O=C1NNC2=C3C(=CC=CC13)NC=C2. The quantitative estimate of drug-likeness (QED) is 0.502. The Hall–Kier alpha value is -1.97. The van der Waals surface area contributed by atoms with Crippen molar-refractivity contribution in [2.75, 3.05) is 0 Å². The normalized spacial score (nSPS) is 27.3. The number of rotatable bonds is 0. The van der Waals surface area contributed by atoms with Crippen LogP contribution in [0.25, 0.3) is 0 Å². The molecule has 70 valence electrons. The minimum Gasteiger partial charge on any atom is -0.361 e. The van der Waals surface area contributed by atoms with Crippen LogP contribution in [0.1, 0.15) is 0 Å². The topological polar surface area (TPSA) is 53.2 Å². The average Bonchev–Trinajstić information content (AvgIpc) is 2.24. The summed E-state index contributed by atoms with van der Waals surface area (Å²) < 4.78 is 0. The molecule has 1 atom stereocenters. The van der Waals surface area contributed by atoms with Crippen LogP contribution in [0.15, 0.2) is 47.5 Å². The summed E-state index contributed by atoms with van der Waals surface area (Å²) in [7, 11) is 0. The highest BCUT2D eigenvalue weighted by atomic mass is 16.2. The first-order valence-electron chi connectivity index (χ1n) is 4.48. The summed E-state index contributed by atoms with van der Waals surface area (Å²) in [6.07, 6.45) is 9.53. The molecule has 3 aliphatic rings. The fourth-order valence-electron chi connectivity index (χ4n) is 1.89. The number of nitrogens with one attached hydrogen (secondary N) is 3. The fourth-order valence-corrected chi connectivity index (χ4v) is 1.89. The lowest BCUT2D eigenvalue weighted by molar-refractivity contribution is -0.124. The highest BCUT2D eigenvalue weighted by molar-refractivity contribution is 5.87. The number of amides is 1. The van der Waals surface area contributed by atoms with Gasteiger partial charge in [0.05, 0.1) is 11.6 Å². The number of carbonyl (C=O) groups is 1. The van der Waals surface area contributed by atoms with Crippen LogP contribution in [0.3, 0.4) is 0 Å². The molecule has 14 heavy (non-hydrogen) atoms. The molecular formula is C10H9N3O. The predicted molar refractivity (Wildman–Crippen MR) is 51.3 cm³/mol. The Morgan fingerprint density at radius 2 is 2.21 bits per heavy atom. The molecule has 0 bridgehead atoms. The van der Waals surface area contributed by atoms with Crippen LogP contribution >= 0.6 is 0 Å². The van der Waals surface area contributed by atoms with Gasteiger partial charge < -0.3 is 5.32 Å². The maximum atomic E-state index is 11.5. The average molecular weight is 187 g/mol. The highest BCUT2D eigenvalue weighted by Gasteiger charge is 2.31. The zero-order chi connectivity index (χ0) is 9.54. The van der Waals surface area contributed by atoms with Gasteiger partial charge in [0.2, 0.25) is 5.91 Å². The van der Waals surface area contributed by atoms with E-state index < -0.39 is 0 Å². The molecule has 0 spiro atoms. The Morgan fingerprint density at radius 3 is 3.14 bits per heavy atom. The van der Waals surface area contributed by atoms with E-state index in [0.717, 1.165) is 17.0 Å². The van der Waals surface area contributed by atoms with E-state index in [-0.39, 0.29) is 11.8 Å². The summed E-state index contributed by atoms with van der Waals surface area (Å²) in [5.41, 5.74) is 8.50. The van der Waals surface area contributed by atoms with E-state index in [1.807, 2.05) is 30.5 Å². The Balaban J connectivity index is 2.19. The first kappa shape index (κ1) is 7.44. The molecule has 2 heterocycles. The van der Waals surface area contributed by atoms with Crippen molar-refractivity contribution >= 4 is 5.91 Å². The molecule has 0 aromatic rings. The first-order chi connectivity index (χ1) is 6.86. The van der Waals surface area contributed by atoms with Crippen molar-refractivity contribution in [2.24, 2.45) is 5.92 Å². The number of hydrogen-bond donors (Lipinski definition) is 3. The van der Waals surface area contributed by atoms with Crippen LogP contribution < -0.4 is 16.2 Å². The number of carbonyl (C=O) groups excluding carboxylic acids is 1. The standard InChI is InChI=1S/C10H9N3O/c14-10-6-2-1-3-7-9(6)8(12-13-10)4-5-11-7/h1-6,11-12H,(H,13,14). The summed E-state index contributed by atoms with van der Waals surface area (Å²) in [5.74, 6) is -0.175. The van der Waals surface area contributed by atoms with Gasteiger partial charge >= 0.3 is 0 Å². The van der Waals surface area contributed by atoms with E-state index in [1.54, 1.807) is 0 Å². The van der Waals surface area contributed by atoms with Gasteiger partial charge in [-0.2, -0.15) is 0 Å². The van der Waals surface area contributed by atoms with E-state index in [9.17, 15) is 4.79 Å². The zero-order valence-corrected chi connectivity index (χ0v) is 7.37. The lowest BCUT2D eigenvalue weighted by Crippen LogP contribution is -2.48. The summed E-state index contributed by atoms with van der Waals surface area (Å²) in [6, 6.07) is 0. The van der Waals surface area contributed by atoms with Gasteiger partial charge in [-0.1, -0.05) is 12.2 Å². The number of hydrazine groups is 1. The van der Waals surface area contributed by atoms with Crippen molar-refractivity contribution in [2.45, 2.75) is 0 Å². The van der Waals surface area contributed by atoms with E-state index in [2.05, 4.69) is 16.2 Å². The van der Waals surface area contributed by atoms with Crippen LogP contribution in [0.5, 0.6) is 0 Å². The van der Waals surface area contributed by atoms with Crippen LogP contribution in [-0.4, -0.2) is 5.91 Å². The first-order valence-corrected chi connectivity index (χ1v) is 4.48. The van der Waals surface area contributed by atoms with Gasteiger partial charge in [-0.15, -0.1) is 0 Å². The molecule has 0 saturated heterocycles. The second-order valence-corrected chi connectivity index (χ2v) is 3.36. The number of dihydropyridines is 1. The molecule has 0 aromatic heterocycles. The zero-order valence-electron chi connectivity index (χ0n) is 7.37. The van der Waals surface area contributed by atoms with Gasteiger partial charge in [0.15, 0.2) is 0 Å². The minimum absolute atomic E-state index is 0.0114. The summed E-state index contributed by atoms with van der Waals surface area (Å²) >= 11 is 0. The molecule has 0 fully saturated rings. The molecule has 1 unspecified atom stereocenters. The molecule has 3 rings (SSSR count). The van der Waals surface area contributed by atoms with Crippen LogP contribution in [0, 0.1) is 5.92 Å². The van der Waals surface area contributed by atoms with Crippen molar-refractivity contribution < 1.29 is 4.79 Å². The van der Waals surface area contributed by atoms with Gasteiger partial charge in [0.25, 0.3) is 0 Å². The van der Waals surface area contributed by atoms with Crippen molar-refractivity contribution in [3.8, 4) is 0 Å². The van der Waals surface area contributed by atoms with Gasteiger partial charge in [-0.25, -0.2) is 0 Å². The van der Waals surface area contributed by atoms with Gasteiger partial charge in [-0.3, -0.25) is 15.6 Å². The summed E-state index contributed by atoms with van der Waals surface area (Å²) in [6.45, 7) is 0. The Morgan fingerprint density at radius 1 is 1.29 bits per heavy atom. The number of hydrogen-bond acceptors (Lipinski definition) is 3. The van der Waals surface area contributed by atoms with Crippen molar-refractivity contribution in [3.63, 3.8) is 0 Å². The lowest BCUT2D eigenvalue weighted by atomic mass is 9.87. The maximum Gasteiger partial charge on any atom is 0.249 e. The van der Waals surface area contributed by atoms with E-state index in [4.69, 9.17) is 0 Å². The van der Waals surface area contributed by atoms with Gasteiger partial charge in [0, 0.05) is 17.5 Å². The second-order valence-electron chi connectivity index (χ2n) is 3.36. The monoisotopic (exact) mass is 187 g/mol. The predicted octanol–water partition coefficient (Wildman–Crippen LogP) is 0.0617. The molecule has 0 aromatic carbocycles. The smallest absolute Gasteiger partial charge is 0.249 e. The van der Waals surface area contributed by atoms with Crippen LogP contribution in [-0.2, 0) is 4.79 Å². The summed E-state index contributed by atoms with van der Waals surface area (Å²) in [5, 5.41) is 3.12. The molecule has 0 saturated carbocycles. The van der Waals surface area contributed by atoms with Crippen LogP contribution in [0.2, 0.25) is 0 Å². The molecule has 0 radical (unpaired) electrons.